The molecule has 0 bridgehead atoms. The van der Waals surface area contributed by atoms with Crippen molar-refractivity contribution in [3.8, 4) is 17.0 Å². The summed E-state index contributed by atoms with van der Waals surface area (Å²) in [6.07, 6.45) is 2.85. The van der Waals surface area contributed by atoms with Gasteiger partial charge in [0.1, 0.15) is 5.75 Å². The van der Waals surface area contributed by atoms with Crippen molar-refractivity contribution in [2.75, 3.05) is 5.32 Å². The van der Waals surface area contributed by atoms with Gasteiger partial charge in [-0.15, -0.1) is 0 Å². The van der Waals surface area contributed by atoms with Gasteiger partial charge in [0.15, 0.2) is 0 Å². The minimum atomic E-state index is -0.268. The lowest BCUT2D eigenvalue weighted by Crippen LogP contribution is -2.36. The van der Waals surface area contributed by atoms with Crippen LogP contribution in [0.2, 0.25) is 0 Å². The van der Waals surface area contributed by atoms with E-state index in [1.54, 1.807) is 18.2 Å². The summed E-state index contributed by atoms with van der Waals surface area (Å²) in [5, 5.41) is 20.8. The van der Waals surface area contributed by atoms with E-state index in [1.807, 2.05) is 45.0 Å². The molecule has 1 aliphatic rings. The molecule has 4 rings (SSSR count). The van der Waals surface area contributed by atoms with Crippen LogP contribution in [0.4, 0.5) is 10.5 Å². The molecule has 1 aliphatic carbocycles. The molecule has 0 spiro atoms. The van der Waals surface area contributed by atoms with E-state index in [0.29, 0.717) is 28.4 Å². The van der Waals surface area contributed by atoms with Crippen molar-refractivity contribution in [2.45, 2.75) is 52.0 Å². The zero-order chi connectivity index (χ0) is 22.8. The monoisotopic (exact) mass is 432 g/mol. The first kappa shape index (κ1) is 21.6. The third-order valence-electron chi connectivity index (χ3n) is 5.83. The Bertz CT molecular complexity index is 1160. The second-order valence-corrected chi connectivity index (χ2v) is 8.40. The Morgan fingerprint density at radius 3 is 2.62 bits per heavy atom. The lowest BCUT2D eigenvalue weighted by atomic mass is 10.1. The summed E-state index contributed by atoms with van der Waals surface area (Å²) >= 11 is 0. The first-order valence-corrected chi connectivity index (χ1v) is 11.0. The molecule has 7 heteroatoms. The van der Waals surface area contributed by atoms with Crippen molar-refractivity contribution >= 4 is 17.6 Å². The molecule has 3 N–H and O–H groups in total. The predicted octanol–water partition coefficient (Wildman–Crippen LogP) is 5.05. The third-order valence-corrected chi connectivity index (χ3v) is 5.83. The van der Waals surface area contributed by atoms with Gasteiger partial charge in [0.2, 0.25) is 0 Å². The van der Waals surface area contributed by atoms with Gasteiger partial charge in [-0.05, 0) is 69.0 Å². The molecule has 1 unspecified atom stereocenters. The van der Waals surface area contributed by atoms with Crippen molar-refractivity contribution in [3.05, 3.63) is 65.4 Å². The Kier molecular flexibility index (Phi) is 5.99. The maximum Gasteiger partial charge on any atom is 0.342 e. The summed E-state index contributed by atoms with van der Waals surface area (Å²) < 4.78 is 1.41. The molecule has 2 aromatic carbocycles. The molecule has 1 atom stereocenters. The fraction of sp³-hybridized carbons (Fsp3) is 0.320. The number of benzene rings is 2. The molecule has 1 aromatic heterocycles. The van der Waals surface area contributed by atoms with Crippen molar-refractivity contribution < 1.29 is 14.7 Å². The summed E-state index contributed by atoms with van der Waals surface area (Å²) in [4.78, 5) is 25.5. The van der Waals surface area contributed by atoms with Gasteiger partial charge in [-0.1, -0.05) is 25.1 Å². The number of amides is 2. The zero-order valence-corrected chi connectivity index (χ0v) is 18.6. The van der Waals surface area contributed by atoms with Gasteiger partial charge in [0.05, 0.1) is 11.4 Å². The van der Waals surface area contributed by atoms with E-state index in [9.17, 15) is 14.7 Å². The fourth-order valence-corrected chi connectivity index (χ4v) is 3.58. The minimum Gasteiger partial charge on any atom is -0.507 e. The lowest BCUT2D eigenvalue weighted by molar-refractivity contribution is 0.102. The molecule has 2 amide bonds. The molecule has 0 saturated heterocycles. The van der Waals surface area contributed by atoms with Gasteiger partial charge < -0.3 is 15.7 Å². The largest absolute Gasteiger partial charge is 0.507 e. The van der Waals surface area contributed by atoms with Crippen molar-refractivity contribution in [1.82, 2.24) is 15.1 Å². The molecule has 1 heterocycles. The maximum atomic E-state index is 12.8. The number of hydrogen-bond acceptors (Lipinski definition) is 4. The molecule has 1 saturated carbocycles. The van der Waals surface area contributed by atoms with E-state index in [4.69, 9.17) is 0 Å². The Hall–Kier alpha value is -3.61. The minimum absolute atomic E-state index is 0.0354. The van der Waals surface area contributed by atoms with Crippen LogP contribution >= 0.6 is 0 Å². The van der Waals surface area contributed by atoms with E-state index >= 15 is 0 Å². The number of carbonyl (C=O) groups excluding carboxylic acids is 2. The number of hydrogen-bond donors (Lipinski definition) is 3. The van der Waals surface area contributed by atoms with Crippen LogP contribution in [-0.4, -0.2) is 32.9 Å². The molecule has 7 nitrogen and oxygen atoms in total. The van der Waals surface area contributed by atoms with Crippen molar-refractivity contribution in [3.63, 3.8) is 0 Å². The number of aromatic nitrogens is 2. The van der Waals surface area contributed by atoms with Crippen LogP contribution in [0.5, 0.6) is 5.75 Å². The van der Waals surface area contributed by atoms with Gasteiger partial charge in [0.25, 0.3) is 5.91 Å². The first-order valence-electron chi connectivity index (χ1n) is 11.0. The highest BCUT2D eigenvalue weighted by Crippen LogP contribution is 2.42. The first-order chi connectivity index (χ1) is 15.4. The van der Waals surface area contributed by atoms with Crippen molar-refractivity contribution in [2.24, 2.45) is 0 Å². The van der Waals surface area contributed by atoms with Gasteiger partial charge in [-0.25, -0.2) is 4.79 Å². The van der Waals surface area contributed by atoms with E-state index < -0.39 is 0 Å². The van der Waals surface area contributed by atoms with E-state index in [1.165, 1.54) is 10.7 Å². The number of nitrogens with one attached hydrogen (secondary N) is 2. The summed E-state index contributed by atoms with van der Waals surface area (Å²) in [6, 6.07) is 13.8. The molecule has 32 heavy (non-hydrogen) atoms. The Morgan fingerprint density at radius 1 is 1.19 bits per heavy atom. The highest BCUT2D eigenvalue weighted by atomic mass is 16.3. The molecule has 3 aromatic rings. The molecule has 0 radical (unpaired) electrons. The number of nitrogens with zero attached hydrogens (tertiary/aromatic N) is 2. The highest BCUT2D eigenvalue weighted by molar-refractivity contribution is 6.05. The normalized spacial score (nSPS) is 14.1. The van der Waals surface area contributed by atoms with Crippen LogP contribution < -0.4 is 10.6 Å². The van der Waals surface area contributed by atoms with Crippen LogP contribution in [0.1, 0.15) is 60.6 Å². The SMILES string of the molecule is CCC(C)NC(=O)n1nc(-c2cc(NC(=O)c3ccccc3C)ccc2O)cc1C1CC1. The number of aromatic hydroxyl groups is 1. The number of carbonyl (C=O) groups is 2. The van der Waals surface area contributed by atoms with Crippen LogP contribution in [0, 0.1) is 6.92 Å². The van der Waals surface area contributed by atoms with Crippen LogP contribution in [0.15, 0.2) is 48.5 Å². The summed E-state index contributed by atoms with van der Waals surface area (Å²) in [6.45, 7) is 5.84. The Balaban J connectivity index is 1.64. The Morgan fingerprint density at radius 2 is 1.94 bits per heavy atom. The van der Waals surface area contributed by atoms with Crippen LogP contribution in [-0.2, 0) is 0 Å². The summed E-state index contributed by atoms with van der Waals surface area (Å²) in [5.74, 6) is 0.107. The summed E-state index contributed by atoms with van der Waals surface area (Å²) in [5.41, 5.74) is 3.81. The van der Waals surface area contributed by atoms with Crippen LogP contribution in [0.3, 0.4) is 0 Å². The molecule has 166 valence electrons. The van der Waals surface area contributed by atoms with Crippen LogP contribution in [0.25, 0.3) is 11.3 Å². The number of rotatable bonds is 6. The second-order valence-electron chi connectivity index (χ2n) is 8.40. The van der Waals surface area contributed by atoms with E-state index in [2.05, 4.69) is 15.7 Å². The third kappa shape index (κ3) is 4.51. The standard InChI is InChI=1S/C25H28N4O3/c1-4-16(3)26-25(32)29-22(17-9-10-17)14-21(28-29)20-13-18(11-12-23(20)30)27-24(31)19-8-6-5-7-15(19)2/h5-8,11-14,16-17,30H,4,9-10H2,1-3H3,(H,26,32)(H,27,31). The van der Waals surface area contributed by atoms with Gasteiger partial charge in [-0.3, -0.25) is 4.79 Å². The predicted molar refractivity (Wildman–Crippen MR) is 124 cm³/mol. The van der Waals surface area contributed by atoms with E-state index in [0.717, 1.165) is 30.5 Å². The van der Waals surface area contributed by atoms with E-state index in [-0.39, 0.29) is 23.7 Å². The average Bonchev–Trinajstić information content (AvgIpc) is 3.53. The smallest absolute Gasteiger partial charge is 0.342 e. The number of anilines is 1. The van der Waals surface area contributed by atoms with Crippen molar-refractivity contribution in [1.29, 1.82) is 0 Å². The number of aryl methyl sites for hydroxylation is 1. The zero-order valence-electron chi connectivity index (χ0n) is 18.6. The highest BCUT2D eigenvalue weighted by Gasteiger charge is 2.31. The topological polar surface area (TPSA) is 96.3 Å². The molecule has 0 aliphatic heterocycles. The lowest BCUT2D eigenvalue weighted by Gasteiger charge is -2.12. The van der Waals surface area contributed by atoms with Gasteiger partial charge >= 0.3 is 6.03 Å². The number of phenols is 1. The summed E-state index contributed by atoms with van der Waals surface area (Å²) in [7, 11) is 0. The fourth-order valence-electron chi connectivity index (χ4n) is 3.58. The quantitative estimate of drug-likeness (QED) is 0.475. The average molecular weight is 433 g/mol. The van der Waals surface area contributed by atoms with Gasteiger partial charge in [0, 0.05) is 28.8 Å². The second kappa shape index (κ2) is 8.86. The number of phenolic OH excluding ortho intramolecular Hbond substituents is 1. The molecular formula is C25H28N4O3. The Labute approximate surface area is 187 Å². The maximum absolute atomic E-state index is 12.8. The molecular weight excluding hydrogens is 404 g/mol. The molecule has 1 fully saturated rings. The van der Waals surface area contributed by atoms with Gasteiger partial charge in [-0.2, -0.15) is 9.78 Å².